The zero-order chi connectivity index (χ0) is 19.9. The van der Waals surface area contributed by atoms with Crippen LogP contribution in [0.3, 0.4) is 0 Å². The van der Waals surface area contributed by atoms with E-state index in [1.165, 1.54) is 14.0 Å². The minimum Gasteiger partial charge on any atom is -0.496 e. The summed E-state index contributed by atoms with van der Waals surface area (Å²) in [5, 5.41) is 8.69. The van der Waals surface area contributed by atoms with E-state index < -0.39 is 0 Å². The van der Waals surface area contributed by atoms with Gasteiger partial charge in [0.1, 0.15) is 11.6 Å². The minimum absolute atomic E-state index is 0.131. The van der Waals surface area contributed by atoms with Crippen LogP contribution in [0.1, 0.15) is 17.3 Å². The third-order valence-corrected chi connectivity index (χ3v) is 3.83. The van der Waals surface area contributed by atoms with Gasteiger partial charge in [0.2, 0.25) is 5.91 Å². The molecule has 3 N–H and O–H groups in total. The number of benzene rings is 2. The summed E-state index contributed by atoms with van der Waals surface area (Å²) in [6.45, 7) is 1.46. The molecule has 0 aliphatic carbocycles. The first kappa shape index (κ1) is 18.9. The molecule has 142 valence electrons. The van der Waals surface area contributed by atoms with Crippen LogP contribution in [0.2, 0.25) is 0 Å². The number of anilines is 4. The van der Waals surface area contributed by atoms with Crippen LogP contribution in [0.15, 0.2) is 66.9 Å². The Labute approximate surface area is 162 Å². The third kappa shape index (κ3) is 4.85. The molecule has 0 unspecified atom stereocenters. The lowest BCUT2D eigenvalue weighted by Crippen LogP contribution is -2.14. The highest BCUT2D eigenvalue weighted by Crippen LogP contribution is 2.22. The number of hydrogen-bond donors (Lipinski definition) is 3. The quantitative estimate of drug-likeness (QED) is 0.604. The number of methoxy groups -OCH3 is 1. The van der Waals surface area contributed by atoms with E-state index >= 15 is 0 Å². The maximum Gasteiger partial charge on any atom is 0.260 e. The average Bonchev–Trinajstić information content (AvgIpc) is 2.69. The molecule has 0 atom stereocenters. The lowest BCUT2D eigenvalue weighted by Gasteiger charge is -2.10. The van der Waals surface area contributed by atoms with Crippen LogP contribution < -0.4 is 20.7 Å². The first-order valence-electron chi connectivity index (χ1n) is 8.60. The zero-order valence-electron chi connectivity index (χ0n) is 15.5. The number of nitrogens with one attached hydrogen (secondary N) is 3. The van der Waals surface area contributed by atoms with Gasteiger partial charge >= 0.3 is 0 Å². The van der Waals surface area contributed by atoms with Gasteiger partial charge in [0, 0.05) is 18.3 Å². The molecule has 0 saturated carbocycles. The molecule has 0 radical (unpaired) electrons. The molecule has 7 heteroatoms. The Balaban J connectivity index is 1.67. The van der Waals surface area contributed by atoms with Gasteiger partial charge in [-0.1, -0.05) is 18.2 Å². The fourth-order valence-electron chi connectivity index (χ4n) is 2.60. The van der Waals surface area contributed by atoms with Crippen molar-refractivity contribution in [2.75, 3.05) is 23.1 Å². The van der Waals surface area contributed by atoms with Gasteiger partial charge in [0.25, 0.3) is 5.91 Å². The maximum atomic E-state index is 12.4. The van der Waals surface area contributed by atoms with Crippen molar-refractivity contribution in [1.82, 2.24) is 4.98 Å². The first-order chi connectivity index (χ1) is 13.5. The average molecular weight is 376 g/mol. The normalized spacial score (nSPS) is 10.1. The second kappa shape index (κ2) is 8.68. The van der Waals surface area contributed by atoms with Crippen molar-refractivity contribution in [3.63, 3.8) is 0 Å². The Bertz CT molecular complexity index is 987. The van der Waals surface area contributed by atoms with Gasteiger partial charge in [-0.25, -0.2) is 4.98 Å². The standard InChI is InChI=1S/C21H20N4O3/c1-14(26)23-15-6-5-7-16(12-15)24-17-10-11-20(22-13-17)25-21(27)18-8-3-4-9-19(18)28-2/h3-13,24H,1-2H3,(H,23,26)(H,22,25,27). The Kier molecular flexibility index (Phi) is 5.86. The number of ether oxygens (including phenoxy) is 1. The monoisotopic (exact) mass is 376 g/mol. The van der Waals surface area contributed by atoms with E-state index in [-0.39, 0.29) is 11.8 Å². The van der Waals surface area contributed by atoms with Crippen LogP contribution in [-0.2, 0) is 4.79 Å². The smallest absolute Gasteiger partial charge is 0.260 e. The Morgan fingerprint density at radius 3 is 2.39 bits per heavy atom. The van der Waals surface area contributed by atoms with Crippen molar-refractivity contribution in [3.8, 4) is 5.75 Å². The van der Waals surface area contributed by atoms with E-state index in [1.54, 1.807) is 48.7 Å². The molecule has 28 heavy (non-hydrogen) atoms. The summed E-state index contributed by atoms with van der Waals surface area (Å²) in [5.41, 5.74) is 2.68. The van der Waals surface area contributed by atoms with Gasteiger partial charge in [0.15, 0.2) is 0 Å². The summed E-state index contributed by atoms with van der Waals surface area (Å²) >= 11 is 0. The largest absolute Gasteiger partial charge is 0.496 e. The number of para-hydroxylation sites is 1. The van der Waals surface area contributed by atoms with E-state index in [2.05, 4.69) is 20.9 Å². The number of carbonyl (C=O) groups is 2. The maximum absolute atomic E-state index is 12.4. The zero-order valence-corrected chi connectivity index (χ0v) is 15.5. The molecule has 0 spiro atoms. The van der Waals surface area contributed by atoms with Crippen LogP contribution in [0.4, 0.5) is 22.9 Å². The molecule has 2 amide bonds. The number of nitrogens with zero attached hydrogens (tertiary/aromatic N) is 1. The number of rotatable bonds is 6. The van der Waals surface area contributed by atoms with Crippen molar-refractivity contribution in [3.05, 3.63) is 72.4 Å². The molecule has 0 saturated heterocycles. The summed E-state index contributed by atoms with van der Waals surface area (Å²) in [6, 6.07) is 17.8. The number of pyridine rings is 1. The summed E-state index contributed by atoms with van der Waals surface area (Å²) in [5.74, 6) is 0.494. The van der Waals surface area contributed by atoms with Gasteiger partial charge in [-0.15, -0.1) is 0 Å². The lowest BCUT2D eigenvalue weighted by atomic mass is 10.2. The molecule has 0 aliphatic heterocycles. The van der Waals surface area contributed by atoms with Crippen molar-refractivity contribution in [1.29, 1.82) is 0 Å². The van der Waals surface area contributed by atoms with Crippen LogP contribution >= 0.6 is 0 Å². The molecule has 3 aromatic rings. The first-order valence-corrected chi connectivity index (χ1v) is 8.60. The van der Waals surface area contributed by atoms with E-state index in [1.807, 2.05) is 18.2 Å². The van der Waals surface area contributed by atoms with Crippen molar-refractivity contribution in [2.24, 2.45) is 0 Å². The molecule has 0 aliphatic rings. The highest BCUT2D eigenvalue weighted by Gasteiger charge is 2.12. The molecule has 1 heterocycles. The van der Waals surface area contributed by atoms with Gasteiger partial charge in [-0.2, -0.15) is 0 Å². The second-order valence-electron chi connectivity index (χ2n) is 5.97. The Hall–Kier alpha value is -3.87. The molecule has 0 fully saturated rings. The van der Waals surface area contributed by atoms with Crippen LogP contribution in [0.5, 0.6) is 5.75 Å². The predicted molar refractivity (Wildman–Crippen MR) is 109 cm³/mol. The number of aromatic nitrogens is 1. The van der Waals surface area contributed by atoms with E-state index in [0.29, 0.717) is 22.8 Å². The van der Waals surface area contributed by atoms with Gasteiger partial charge < -0.3 is 20.7 Å². The minimum atomic E-state index is -0.298. The van der Waals surface area contributed by atoms with Gasteiger partial charge in [0.05, 0.1) is 24.6 Å². The van der Waals surface area contributed by atoms with E-state index in [4.69, 9.17) is 4.74 Å². The molecule has 2 aromatic carbocycles. The van der Waals surface area contributed by atoms with Gasteiger partial charge in [-0.05, 0) is 42.5 Å². The van der Waals surface area contributed by atoms with Crippen molar-refractivity contribution >= 4 is 34.7 Å². The van der Waals surface area contributed by atoms with Crippen molar-refractivity contribution < 1.29 is 14.3 Å². The third-order valence-electron chi connectivity index (χ3n) is 3.83. The summed E-state index contributed by atoms with van der Waals surface area (Å²) in [6.07, 6.45) is 1.61. The fraction of sp³-hybridized carbons (Fsp3) is 0.0952. The topological polar surface area (TPSA) is 92.4 Å². The SMILES string of the molecule is COc1ccccc1C(=O)Nc1ccc(Nc2cccc(NC(C)=O)c2)cn1. The highest BCUT2D eigenvalue weighted by atomic mass is 16.5. The fourth-order valence-corrected chi connectivity index (χ4v) is 2.60. The number of amides is 2. The van der Waals surface area contributed by atoms with Crippen LogP contribution in [0.25, 0.3) is 0 Å². The summed E-state index contributed by atoms with van der Waals surface area (Å²) in [7, 11) is 1.52. The Morgan fingerprint density at radius 1 is 0.893 bits per heavy atom. The molecular weight excluding hydrogens is 356 g/mol. The highest BCUT2D eigenvalue weighted by molar-refractivity contribution is 6.05. The van der Waals surface area contributed by atoms with Crippen LogP contribution in [-0.4, -0.2) is 23.9 Å². The number of carbonyl (C=O) groups excluding carboxylic acids is 2. The molecule has 0 bridgehead atoms. The summed E-state index contributed by atoms with van der Waals surface area (Å²) < 4.78 is 5.21. The van der Waals surface area contributed by atoms with Crippen molar-refractivity contribution in [2.45, 2.75) is 6.92 Å². The second-order valence-corrected chi connectivity index (χ2v) is 5.97. The molecule has 3 rings (SSSR count). The predicted octanol–water partition coefficient (Wildman–Crippen LogP) is 4.04. The molecule has 1 aromatic heterocycles. The van der Waals surface area contributed by atoms with E-state index in [9.17, 15) is 9.59 Å². The van der Waals surface area contributed by atoms with E-state index in [0.717, 1.165) is 11.4 Å². The molecule has 7 nitrogen and oxygen atoms in total. The summed E-state index contributed by atoms with van der Waals surface area (Å²) in [4.78, 5) is 27.8. The number of hydrogen-bond acceptors (Lipinski definition) is 5. The molecular formula is C21H20N4O3. The van der Waals surface area contributed by atoms with Crippen LogP contribution in [0, 0.1) is 0 Å². The van der Waals surface area contributed by atoms with Gasteiger partial charge in [-0.3, -0.25) is 9.59 Å². The Morgan fingerprint density at radius 2 is 1.68 bits per heavy atom. The lowest BCUT2D eigenvalue weighted by molar-refractivity contribution is -0.114.